The molecule has 0 fully saturated rings. The molecule has 1 aromatic carbocycles. The fourth-order valence-corrected chi connectivity index (χ4v) is 2.12. The van der Waals surface area contributed by atoms with Gasteiger partial charge in [0.2, 0.25) is 0 Å². The molecular weight excluding hydrogens is 387 g/mol. The fourth-order valence-electron chi connectivity index (χ4n) is 2.00. The second kappa shape index (κ2) is 10.0. The molecule has 1 aromatic heterocycles. The predicted octanol–water partition coefficient (Wildman–Crippen LogP) is 2.57. The SMILES string of the molecule is C=C(CCNC(=O)COc1ccc(Cl)c(F)c1)NC(=O)c1ccc(C#N)cn1. The van der Waals surface area contributed by atoms with E-state index in [0.717, 1.165) is 6.07 Å². The number of benzene rings is 1. The van der Waals surface area contributed by atoms with Gasteiger partial charge in [-0.15, -0.1) is 0 Å². The van der Waals surface area contributed by atoms with Crippen LogP contribution < -0.4 is 15.4 Å². The number of halogens is 2. The topological polar surface area (TPSA) is 104 Å². The molecule has 0 unspecified atom stereocenters. The Labute approximate surface area is 165 Å². The maximum absolute atomic E-state index is 13.3. The van der Waals surface area contributed by atoms with Gasteiger partial charge in [0.1, 0.15) is 23.3 Å². The number of carbonyl (C=O) groups excluding carboxylic acids is 2. The molecule has 2 aromatic rings. The molecule has 0 aliphatic rings. The molecule has 2 rings (SSSR count). The maximum atomic E-state index is 13.3. The normalized spacial score (nSPS) is 9.89. The minimum atomic E-state index is -0.636. The van der Waals surface area contributed by atoms with Gasteiger partial charge in [0.05, 0.1) is 10.6 Å². The van der Waals surface area contributed by atoms with Crippen molar-refractivity contribution in [2.45, 2.75) is 6.42 Å². The Morgan fingerprint density at radius 2 is 2.11 bits per heavy atom. The Kier molecular flexibility index (Phi) is 7.48. The van der Waals surface area contributed by atoms with E-state index in [1.165, 1.54) is 30.5 Å². The van der Waals surface area contributed by atoms with Gasteiger partial charge in [-0.2, -0.15) is 5.26 Å². The van der Waals surface area contributed by atoms with Gasteiger partial charge in [-0.05, 0) is 24.3 Å². The number of ether oxygens (including phenoxy) is 1. The summed E-state index contributed by atoms with van der Waals surface area (Å²) in [6.07, 6.45) is 1.59. The van der Waals surface area contributed by atoms with Crippen molar-refractivity contribution >= 4 is 23.4 Å². The van der Waals surface area contributed by atoms with Crippen molar-refractivity contribution in [3.05, 3.63) is 70.9 Å². The highest BCUT2D eigenvalue weighted by Gasteiger charge is 2.09. The van der Waals surface area contributed by atoms with Crippen molar-refractivity contribution in [2.75, 3.05) is 13.2 Å². The van der Waals surface area contributed by atoms with E-state index in [2.05, 4.69) is 22.2 Å². The van der Waals surface area contributed by atoms with Crippen LogP contribution in [0.15, 0.2) is 48.8 Å². The van der Waals surface area contributed by atoms with Gasteiger partial charge in [0, 0.05) is 30.9 Å². The van der Waals surface area contributed by atoms with Crippen LogP contribution in [0.3, 0.4) is 0 Å². The lowest BCUT2D eigenvalue weighted by molar-refractivity contribution is -0.123. The van der Waals surface area contributed by atoms with Crippen molar-refractivity contribution in [3.8, 4) is 11.8 Å². The number of nitrogens with one attached hydrogen (secondary N) is 2. The Morgan fingerprint density at radius 1 is 1.32 bits per heavy atom. The third kappa shape index (κ3) is 6.37. The summed E-state index contributed by atoms with van der Waals surface area (Å²) in [6.45, 7) is 3.64. The lowest BCUT2D eigenvalue weighted by Crippen LogP contribution is -2.31. The third-order valence-corrected chi connectivity index (χ3v) is 3.73. The van der Waals surface area contributed by atoms with E-state index >= 15 is 0 Å². The molecule has 1 heterocycles. The molecule has 0 spiro atoms. The first kappa shape index (κ1) is 20.9. The van der Waals surface area contributed by atoms with Crippen LogP contribution in [0.4, 0.5) is 4.39 Å². The lowest BCUT2D eigenvalue weighted by atomic mass is 10.2. The van der Waals surface area contributed by atoms with E-state index < -0.39 is 17.6 Å². The highest BCUT2D eigenvalue weighted by molar-refractivity contribution is 6.30. The van der Waals surface area contributed by atoms with Crippen LogP contribution >= 0.6 is 11.6 Å². The molecule has 0 atom stereocenters. The van der Waals surface area contributed by atoms with Crippen LogP contribution in [0.1, 0.15) is 22.5 Å². The van der Waals surface area contributed by atoms with E-state index in [-0.39, 0.29) is 29.6 Å². The summed E-state index contributed by atoms with van der Waals surface area (Å²) >= 11 is 5.57. The molecule has 0 saturated heterocycles. The molecule has 0 aliphatic heterocycles. The summed E-state index contributed by atoms with van der Waals surface area (Å²) in [5.74, 6) is -1.33. The van der Waals surface area contributed by atoms with Crippen molar-refractivity contribution < 1.29 is 18.7 Å². The minimum absolute atomic E-state index is 0.0337. The number of nitrogens with zero attached hydrogens (tertiary/aromatic N) is 2. The summed E-state index contributed by atoms with van der Waals surface area (Å²) in [5.41, 5.74) is 0.881. The Bertz CT molecular complexity index is 926. The van der Waals surface area contributed by atoms with E-state index in [4.69, 9.17) is 21.6 Å². The van der Waals surface area contributed by atoms with Gasteiger partial charge in [0.25, 0.3) is 11.8 Å². The van der Waals surface area contributed by atoms with Crippen molar-refractivity contribution in [2.24, 2.45) is 0 Å². The average molecular weight is 403 g/mol. The van der Waals surface area contributed by atoms with Gasteiger partial charge in [-0.25, -0.2) is 9.37 Å². The van der Waals surface area contributed by atoms with Gasteiger partial charge in [-0.3, -0.25) is 9.59 Å². The minimum Gasteiger partial charge on any atom is -0.484 e. The number of nitriles is 1. The molecule has 2 amide bonds. The van der Waals surface area contributed by atoms with Crippen LogP contribution in [-0.2, 0) is 4.79 Å². The number of hydrogen-bond acceptors (Lipinski definition) is 5. The first-order chi connectivity index (χ1) is 13.4. The zero-order chi connectivity index (χ0) is 20.5. The molecule has 9 heteroatoms. The van der Waals surface area contributed by atoms with Crippen LogP contribution in [0.2, 0.25) is 5.02 Å². The Balaban J connectivity index is 1.69. The van der Waals surface area contributed by atoms with E-state index in [0.29, 0.717) is 17.7 Å². The van der Waals surface area contributed by atoms with Gasteiger partial charge >= 0.3 is 0 Å². The standard InChI is InChI=1S/C19H16ClFN4O3/c1-12(25-19(27)17-5-2-13(9-22)10-24-17)6-7-23-18(26)11-28-14-3-4-15(20)16(21)8-14/h2-5,8,10H,1,6-7,11H2,(H,23,26)(H,25,27). The van der Waals surface area contributed by atoms with Gasteiger partial charge in [-0.1, -0.05) is 18.2 Å². The first-order valence-electron chi connectivity index (χ1n) is 8.09. The van der Waals surface area contributed by atoms with E-state index in [1.807, 2.05) is 6.07 Å². The summed E-state index contributed by atoms with van der Waals surface area (Å²) in [5, 5.41) is 13.8. The quantitative estimate of drug-likeness (QED) is 0.706. The van der Waals surface area contributed by atoms with Crippen LogP contribution in [0, 0.1) is 17.1 Å². The van der Waals surface area contributed by atoms with Crippen molar-refractivity contribution in [3.63, 3.8) is 0 Å². The molecule has 0 radical (unpaired) electrons. The second-order valence-electron chi connectivity index (χ2n) is 5.57. The average Bonchev–Trinajstić information content (AvgIpc) is 2.69. The second-order valence-corrected chi connectivity index (χ2v) is 5.97. The van der Waals surface area contributed by atoms with Crippen molar-refractivity contribution in [1.82, 2.24) is 15.6 Å². The van der Waals surface area contributed by atoms with Crippen LogP contribution in [-0.4, -0.2) is 29.9 Å². The van der Waals surface area contributed by atoms with Crippen LogP contribution in [0.5, 0.6) is 5.75 Å². The zero-order valence-electron chi connectivity index (χ0n) is 14.7. The smallest absolute Gasteiger partial charge is 0.273 e. The number of pyridine rings is 1. The largest absolute Gasteiger partial charge is 0.484 e. The zero-order valence-corrected chi connectivity index (χ0v) is 15.4. The Morgan fingerprint density at radius 3 is 2.75 bits per heavy atom. The molecule has 7 nitrogen and oxygen atoms in total. The maximum Gasteiger partial charge on any atom is 0.273 e. The molecule has 0 saturated carbocycles. The molecule has 0 aliphatic carbocycles. The lowest BCUT2D eigenvalue weighted by Gasteiger charge is -2.10. The number of hydrogen-bond donors (Lipinski definition) is 2. The molecule has 2 N–H and O–H groups in total. The van der Waals surface area contributed by atoms with Crippen LogP contribution in [0.25, 0.3) is 0 Å². The van der Waals surface area contributed by atoms with Crippen molar-refractivity contribution in [1.29, 1.82) is 5.26 Å². The highest BCUT2D eigenvalue weighted by Crippen LogP contribution is 2.20. The number of carbonyl (C=O) groups is 2. The monoisotopic (exact) mass is 402 g/mol. The number of amides is 2. The van der Waals surface area contributed by atoms with Gasteiger partial charge < -0.3 is 15.4 Å². The summed E-state index contributed by atoms with van der Waals surface area (Å²) in [4.78, 5) is 27.6. The molecule has 28 heavy (non-hydrogen) atoms. The number of aromatic nitrogens is 1. The van der Waals surface area contributed by atoms with Gasteiger partial charge in [0.15, 0.2) is 6.61 Å². The number of rotatable bonds is 8. The molecular formula is C19H16ClFN4O3. The Hall–Kier alpha value is -3.44. The fraction of sp³-hybridized carbons (Fsp3) is 0.158. The predicted molar refractivity (Wildman–Crippen MR) is 100 cm³/mol. The van der Waals surface area contributed by atoms with E-state index in [1.54, 1.807) is 0 Å². The summed E-state index contributed by atoms with van der Waals surface area (Å²) in [6, 6.07) is 8.70. The summed E-state index contributed by atoms with van der Waals surface area (Å²) < 4.78 is 18.5. The summed E-state index contributed by atoms with van der Waals surface area (Å²) in [7, 11) is 0. The molecule has 144 valence electrons. The van der Waals surface area contributed by atoms with E-state index in [9.17, 15) is 14.0 Å². The third-order valence-electron chi connectivity index (χ3n) is 3.43. The molecule has 0 bridgehead atoms. The first-order valence-corrected chi connectivity index (χ1v) is 8.46. The highest BCUT2D eigenvalue weighted by atomic mass is 35.5.